The summed E-state index contributed by atoms with van der Waals surface area (Å²) in [6.07, 6.45) is -0.336. The van der Waals surface area contributed by atoms with Crippen LogP contribution in [-0.4, -0.2) is 23.1 Å². The van der Waals surface area contributed by atoms with Crippen LogP contribution in [0, 0.1) is 5.92 Å². The number of carboxylic acid groups (broad SMARTS) is 1. The van der Waals surface area contributed by atoms with Gasteiger partial charge in [-0.05, 0) is 12.8 Å². The highest BCUT2D eigenvalue weighted by Gasteiger charge is 2.13. The Bertz CT molecular complexity index is 186. The van der Waals surface area contributed by atoms with Crippen molar-refractivity contribution in [3.05, 3.63) is 0 Å². The molecule has 1 N–H and O–H groups in total. The third-order valence-corrected chi connectivity index (χ3v) is 1.37. The molecular weight excluding hydrogens is 172 g/mol. The fraction of sp³-hybridized carbons (Fsp3) is 0.778. The van der Waals surface area contributed by atoms with E-state index >= 15 is 0 Å². The Balaban J connectivity index is 3.71. The summed E-state index contributed by atoms with van der Waals surface area (Å²) in [5.74, 6) is -1.04. The van der Waals surface area contributed by atoms with Crippen LogP contribution in [0.1, 0.15) is 33.6 Å². The number of hydrogen-bond donors (Lipinski definition) is 1. The third-order valence-electron chi connectivity index (χ3n) is 1.37. The molecule has 0 aromatic carbocycles. The van der Waals surface area contributed by atoms with Gasteiger partial charge < -0.3 is 9.84 Å². The summed E-state index contributed by atoms with van der Waals surface area (Å²) >= 11 is 0. The SMILES string of the molecule is CC(C)CC(=O)O[C@H](C)CC(=O)O. The van der Waals surface area contributed by atoms with E-state index in [-0.39, 0.29) is 18.3 Å². The van der Waals surface area contributed by atoms with Gasteiger partial charge in [0.05, 0.1) is 6.42 Å². The number of carbonyl (C=O) groups is 2. The van der Waals surface area contributed by atoms with Crippen LogP contribution >= 0.6 is 0 Å². The minimum atomic E-state index is -0.954. The largest absolute Gasteiger partial charge is 0.481 e. The first-order valence-electron chi connectivity index (χ1n) is 4.33. The lowest BCUT2D eigenvalue weighted by molar-refractivity contribution is -0.152. The Morgan fingerprint density at radius 2 is 1.77 bits per heavy atom. The summed E-state index contributed by atoms with van der Waals surface area (Å²) in [7, 11) is 0. The first-order chi connectivity index (χ1) is 5.91. The Hall–Kier alpha value is -1.06. The van der Waals surface area contributed by atoms with E-state index in [0.717, 1.165) is 0 Å². The molecule has 0 rings (SSSR count). The average Bonchev–Trinajstić information content (AvgIpc) is 1.80. The molecule has 0 aromatic heterocycles. The summed E-state index contributed by atoms with van der Waals surface area (Å²) in [4.78, 5) is 21.3. The van der Waals surface area contributed by atoms with Crippen molar-refractivity contribution in [3.63, 3.8) is 0 Å². The molecule has 0 bridgehead atoms. The van der Waals surface area contributed by atoms with Crippen molar-refractivity contribution in [2.45, 2.75) is 39.7 Å². The second-order valence-corrected chi connectivity index (χ2v) is 3.50. The highest BCUT2D eigenvalue weighted by molar-refractivity contribution is 5.71. The van der Waals surface area contributed by atoms with Crippen LogP contribution in [0.3, 0.4) is 0 Å². The van der Waals surface area contributed by atoms with Crippen LogP contribution in [0.25, 0.3) is 0 Å². The van der Waals surface area contributed by atoms with Crippen molar-refractivity contribution in [2.24, 2.45) is 5.92 Å². The molecular formula is C9H16O4. The van der Waals surface area contributed by atoms with Crippen LogP contribution in [0.5, 0.6) is 0 Å². The zero-order valence-corrected chi connectivity index (χ0v) is 8.24. The lowest BCUT2D eigenvalue weighted by Crippen LogP contribution is -2.19. The van der Waals surface area contributed by atoms with Crippen molar-refractivity contribution in [1.82, 2.24) is 0 Å². The third kappa shape index (κ3) is 7.31. The van der Waals surface area contributed by atoms with E-state index < -0.39 is 12.1 Å². The first kappa shape index (κ1) is 11.9. The fourth-order valence-corrected chi connectivity index (χ4v) is 0.893. The van der Waals surface area contributed by atoms with Crippen LogP contribution in [0.15, 0.2) is 0 Å². The monoisotopic (exact) mass is 188 g/mol. The predicted octanol–water partition coefficient (Wildman–Crippen LogP) is 1.44. The normalized spacial score (nSPS) is 12.6. The molecule has 0 aromatic rings. The molecule has 0 saturated heterocycles. The maximum Gasteiger partial charge on any atom is 0.307 e. The maximum atomic E-state index is 11.0. The van der Waals surface area contributed by atoms with E-state index in [1.807, 2.05) is 13.8 Å². The Morgan fingerprint density at radius 1 is 1.23 bits per heavy atom. The van der Waals surface area contributed by atoms with Crippen LogP contribution < -0.4 is 0 Å². The second-order valence-electron chi connectivity index (χ2n) is 3.50. The van der Waals surface area contributed by atoms with E-state index in [1.54, 1.807) is 6.92 Å². The van der Waals surface area contributed by atoms with E-state index in [9.17, 15) is 9.59 Å². The highest BCUT2D eigenvalue weighted by Crippen LogP contribution is 2.05. The van der Waals surface area contributed by atoms with E-state index in [2.05, 4.69) is 0 Å². The van der Waals surface area contributed by atoms with Crippen LogP contribution in [-0.2, 0) is 14.3 Å². The van der Waals surface area contributed by atoms with Gasteiger partial charge in [-0.1, -0.05) is 13.8 Å². The fourth-order valence-electron chi connectivity index (χ4n) is 0.893. The van der Waals surface area contributed by atoms with Crippen molar-refractivity contribution >= 4 is 11.9 Å². The second kappa shape index (κ2) is 5.56. The zero-order chi connectivity index (χ0) is 10.4. The topological polar surface area (TPSA) is 63.6 Å². The molecule has 1 atom stereocenters. The molecule has 4 heteroatoms. The molecule has 0 saturated carbocycles. The Labute approximate surface area is 77.9 Å². The minimum absolute atomic E-state index is 0.135. The van der Waals surface area contributed by atoms with Crippen molar-refractivity contribution in [2.75, 3.05) is 0 Å². The van der Waals surface area contributed by atoms with Gasteiger partial charge in [0.2, 0.25) is 0 Å². The van der Waals surface area contributed by atoms with Crippen LogP contribution in [0.4, 0.5) is 0 Å². The van der Waals surface area contributed by atoms with Gasteiger partial charge >= 0.3 is 11.9 Å². The molecule has 0 fully saturated rings. The van der Waals surface area contributed by atoms with Gasteiger partial charge in [-0.2, -0.15) is 0 Å². The Morgan fingerprint density at radius 3 is 2.15 bits per heavy atom. The quantitative estimate of drug-likeness (QED) is 0.663. The number of rotatable bonds is 5. The summed E-state index contributed by atoms with van der Waals surface area (Å²) in [6.45, 7) is 5.39. The molecule has 0 heterocycles. The molecule has 13 heavy (non-hydrogen) atoms. The average molecular weight is 188 g/mol. The number of esters is 1. The van der Waals surface area contributed by atoms with E-state index in [1.165, 1.54) is 0 Å². The van der Waals surface area contributed by atoms with Crippen LogP contribution in [0.2, 0.25) is 0 Å². The van der Waals surface area contributed by atoms with Crippen molar-refractivity contribution in [3.8, 4) is 0 Å². The summed E-state index contributed by atoms with van der Waals surface area (Å²) in [5.41, 5.74) is 0. The van der Waals surface area contributed by atoms with Gasteiger partial charge in [-0.25, -0.2) is 0 Å². The molecule has 0 aliphatic heterocycles. The molecule has 76 valence electrons. The molecule has 0 amide bonds. The molecule has 0 aliphatic carbocycles. The summed E-state index contributed by atoms with van der Waals surface area (Å²) in [5, 5.41) is 8.39. The van der Waals surface area contributed by atoms with Gasteiger partial charge in [0.25, 0.3) is 0 Å². The maximum absolute atomic E-state index is 11.0. The van der Waals surface area contributed by atoms with Gasteiger partial charge in [-0.15, -0.1) is 0 Å². The van der Waals surface area contributed by atoms with Gasteiger partial charge in [0.1, 0.15) is 6.10 Å². The number of carbonyl (C=O) groups excluding carboxylic acids is 1. The van der Waals surface area contributed by atoms with E-state index in [0.29, 0.717) is 6.42 Å². The summed E-state index contributed by atoms with van der Waals surface area (Å²) in [6, 6.07) is 0. The molecule has 0 unspecified atom stereocenters. The Kier molecular flexibility index (Phi) is 5.11. The lowest BCUT2D eigenvalue weighted by atomic mass is 10.1. The number of aliphatic carboxylic acids is 1. The van der Waals surface area contributed by atoms with Crippen molar-refractivity contribution in [1.29, 1.82) is 0 Å². The molecule has 4 nitrogen and oxygen atoms in total. The molecule has 0 radical (unpaired) electrons. The van der Waals surface area contributed by atoms with Crippen molar-refractivity contribution < 1.29 is 19.4 Å². The lowest BCUT2D eigenvalue weighted by Gasteiger charge is -2.11. The first-order valence-corrected chi connectivity index (χ1v) is 4.33. The zero-order valence-electron chi connectivity index (χ0n) is 8.24. The number of carboxylic acids is 1. The number of hydrogen-bond acceptors (Lipinski definition) is 3. The minimum Gasteiger partial charge on any atom is -0.481 e. The predicted molar refractivity (Wildman–Crippen MR) is 47.3 cm³/mol. The molecule has 0 aliphatic rings. The molecule has 0 spiro atoms. The van der Waals surface area contributed by atoms with Gasteiger partial charge in [0, 0.05) is 6.42 Å². The van der Waals surface area contributed by atoms with Gasteiger partial charge in [-0.3, -0.25) is 9.59 Å². The van der Waals surface area contributed by atoms with Gasteiger partial charge in [0.15, 0.2) is 0 Å². The smallest absolute Gasteiger partial charge is 0.307 e. The number of ether oxygens (including phenoxy) is 1. The highest BCUT2D eigenvalue weighted by atomic mass is 16.5. The standard InChI is InChI=1S/C9H16O4/c1-6(2)4-9(12)13-7(3)5-8(10)11/h6-7H,4-5H2,1-3H3,(H,10,11)/t7-/m1/s1. The van der Waals surface area contributed by atoms with E-state index in [4.69, 9.17) is 9.84 Å². The summed E-state index contributed by atoms with van der Waals surface area (Å²) < 4.78 is 4.85.